The standard InChI is InChI=1S/C22H20ClN5O4S/c1-12-7-19-18(8-16(12)21-27-26-20(32-21)13(2)9-24)28(10-14-3-5-15(23)6-4-14)22(29)17(25)11-33(19,30)31/h3-8,13,17H,10-11,25H2,1-2H3/t13?,17-/m0/s1. The van der Waals surface area contributed by atoms with E-state index >= 15 is 0 Å². The maximum absolute atomic E-state index is 13.2. The largest absolute Gasteiger partial charge is 0.419 e. The number of carbonyl (C=O) groups excluding carboxylic acids is 1. The summed E-state index contributed by atoms with van der Waals surface area (Å²) in [5.74, 6) is -1.36. The van der Waals surface area contributed by atoms with E-state index < -0.39 is 33.5 Å². The van der Waals surface area contributed by atoms with E-state index in [2.05, 4.69) is 10.2 Å². The van der Waals surface area contributed by atoms with Gasteiger partial charge in [0.1, 0.15) is 5.92 Å². The molecule has 3 aromatic rings. The summed E-state index contributed by atoms with van der Waals surface area (Å²) >= 11 is 5.97. The number of carbonyl (C=O) groups is 1. The highest BCUT2D eigenvalue weighted by molar-refractivity contribution is 7.91. The number of halogens is 1. The Hall–Kier alpha value is -3.26. The predicted octanol–water partition coefficient (Wildman–Crippen LogP) is 2.97. The Morgan fingerprint density at radius 2 is 2.00 bits per heavy atom. The van der Waals surface area contributed by atoms with Gasteiger partial charge in [-0.15, -0.1) is 10.2 Å². The van der Waals surface area contributed by atoms with Crippen LogP contribution in [-0.4, -0.2) is 36.3 Å². The lowest BCUT2D eigenvalue weighted by Crippen LogP contribution is -2.45. The van der Waals surface area contributed by atoms with E-state index in [0.717, 1.165) is 5.56 Å². The minimum atomic E-state index is -3.84. The van der Waals surface area contributed by atoms with Gasteiger partial charge in [-0.05, 0) is 49.2 Å². The maximum Gasteiger partial charge on any atom is 0.248 e. The second-order valence-corrected chi connectivity index (χ2v) is 10.3. The first kappa shape index (κ1) is 22.9. The molecule has 9 nitrogen and oxygen atoms in total. The van der Waals surface area contributed by atoms with Gasteiger partial charge < -0.3 is 15.1 Å². The van der Waals surface area contributed by atoms with Crippen LogP contribution < -0.4 is 10.6 Å². The van der Waals surface area contributed by atoms with E-state index in [0.29, 0.717) is 16.1 Å². The van der Waals surface area contributed by atoms with Crippen LogP contribution in [0.2, 0.25) is 5.02 Å². The highest BCUT2D eigenvalue weighted by atomic mass is 35.5. The van der Waals surface area contributed by atoms with Crippen molar-refractivity contribution in [1.82, 2.24) is 10.2 Å². The van der Waals surface area contributed by atoms with Crippen LogP contribution in [0, 0.1) is 18.3 Å². The highest BCUT2D eigenvalue weighted by Gasteiger charge is 2.37. The van der Waals surface area contributed by atoms with Crippen LogP contribution in [0.15, 0.2) is 45.7 Å². The van der Waals surface area contributed by atoms with Crippen molar-refractivity contribution in [1.29, 1.82) is 5.26 Å². The van der Waals surface area contributed by atoms with Gasteiger partial charge in [0.15, 0.2) is 9.84 Å². The molecule has 2 N–H and O–H groups in total. The number of nitrogens with two attached hydrogens (primary N) is 1. The second-order valence-electron chi connectivity index (χ2n) is 7.87. The van der Waals surface area contributed by atoms with Crippen molar-refractivity contribution in [3.63, 3.8) is 0 Å². The third-order valence-corrected chi connectivity index (χ3v) is 7.45. The van der Waals surface area contributed by atoms with Crippen molar-refractivity contribution in [2.75, 3.05) is 10.7 Å². The van der Waals surface area contributed by atoms with Crippen LogP contribution in [0.25, 0.3) is 11.5 Å². The smallest absolute Gasteiger partial charge is 0.248 e. The maximum atomic E-state index is 13.2. The predicted molar refractivity (Wildman–Crippen MR) is 121 cm³/mol. The first-order valence-corrected chi connectivity index (χ1v) is 12.1. The van der Waals surface area contributed by atoms with E-state index in [9.17, 15) is 13.2 Å². The van der Waals surface area contributed by atoms with Crippen LogP contribution in [0.4, 0.5) is 5.69 Å². The summed E-state index contributed by atoms with van der Waals surface area (Å²) in [6.45, 7) is 3.43. The first-order chi connectivity index (χ1) is 15.6. The van der Waals surface area contributed by atoms with Gasteiger partial charge in [0.25, 0.3) is 0 Å². The number of aromatic nitrogens is 2. The Kier molecular flexibility index (Phi) is 5.97. The third kappa shape index (κ3) is 4.35. The number of hydrogen-bond donors (Lipinski definition) is 1. The van der Waals surface area contributed by atoms with Crippen molar-refractivity contribution < 1.29 is 17.6 Å². The van der Waals surface area contributed by atoms with Gasteiger partial charge in [-0.3, -0.25) is 4.79 Å². The zero-order valence-corrected chi connectivity index (χ0v) is 19.4. The van der Waals surface area contributed by atoms with Crippen LogP contribution in [0.3, 0.4) is 0 Å². The number of anilines is 1. The van der Waals surface area contributed by atoms with E-state index in [1.165, 1.54) is 11.0 Å². The fraction of sp³-hybridized carbons (Fsp3) is 0.273. The van der Waals surface area contributed by atoms with Crippen molar-refractivity contribution in [2.45, 2.75) is 37.2 Å². The van der Waals surface area contributed by atoms with E-state index in [-0.39, 0.29) is 28.9 Å². The molecule has 0 radical (unpaired) electrons. The minimum Gasteiger partial charge on any atom is -0.419 e. The lowest BCUT2D eigenvalue weighted by molar-refractivity contribution is -0.119. The van der Waals surface area contributed by atoms with Crippen LogP contribution in [0.1, 0.15) is 29.9 Å². The normalized spacial score (nSPS) is 18.3. The molecule has 33 heavy (non-hydrogen) atoms. The average Bonchev–Trinajstić information content (AvgIpc) is 3.25. The summed E-state index contributed by atoms with van der Waals surface area (Å²) in [6.07, 6.45) is 0. The molecule has 1 aliphatic heterocycles. The summed E-state index contributed by atoms with van der Waals surface area (Å²) < 4.78 is 31.8. The van der Waals surface area contributed by atoms with Gasteiger partial charge in [0, 0.05) is 10.6 Å². The van der Waals surface area contributed by atoms with Gasteiger partial charge in [0.2, 0.25) is 17.7 Å². The molecule has 0 aliphatic carbocycles. The van der Waals surface area contributed by atoms with Gasteiger partial charge in [-0.2, -0.15) is 5.26 Å². The van der Waals surface area contributed by atoms with E-state index in [1.807, 2.05) is 6.07 Å². The third-order valence-electron chi connectivity index (χ3n) is 5.40. The molecule has 1 unspecified atom stereocenters. The molecule has 170 valence electrons. The summed E-state index contributed by atoms with van der Waals surface area (Å²) in [5, 5.41) is 17.6. The van der Waals surface area contributed by atoms with Gasteiger partial charge >= 0.3 is 0 Å². The molecule has 2 heterocycles. The highest BCUT2D eigenvalue weighted by Crippen LogP contribution is 2.37. The van der Waals surface area contributed by atoms with Gasteiger partial charge in [0.05, 0.1) is 35.0 Å². The molecule has 4 rings (SSSR count). The molecule has 1 aliphatic rings. The molecule has 11 heteroatoms. The molecule has 0 saturated heterocycles. The summed E-state index contributed by atoms with van der Waals surface area (Å²) in [6, 6.07) is 10.7. The zero-order valence-electron chi connectivity index (χ0n) is 17.8. The van der Waals surface area contributed by atoms with Gasteiger partial charge in [-0.25, -0.2) is 8.42 Å². The number of nitriles is 1. The molecule has 0 spiro atoms. The summed E-state index contributed by atoms with van der Waals surface area (Å²) in [7, 11) is -3.84. The quantitative estimate of drug-likeness (QED) is 0.593. The number of benzene rings is 2. The molecular weight excluding hydrogens is 466 g/mol. The van der Waals surface area contributed by atoms with Gasteiger partial charge in [-0.1, -0.05) is 23.7 Å². The Morgan fingerprint density at radius 1 is 1.30 bits per heavy atom. The van der Waals surface area contributed by atoms with Crippen LogP contribution in [-0.2, 0) is 21.2 Å². The topological polar surface area (TPSA) is 143 Å². The molecule has 0 fully saturated rings. The van der Waals surface area contributed by atoms with Crippen LogP contribution >= 0.6 is 11.6 Å². The fourth-order valence-electron chi connectivity index (χ4n) is 3.59. The number of aryl methyl sites for hydroxylation is 1. The monoisotopic (exact) mass is 485 g/mol. The number of amides is 1. The van der Waals surface area contributed by atoms with E-state index in [4.69, 9.17) is 27.0 Å². The van der Waals surface area contributed by atoms with Crippen molar-refractivity contribution in [3.8, 4) is 17.5 Å². The minimum absolute atomic E-state index is 0.00384. The Morgan fingerprint density at radius 3 is 2.67 bits per heavy atom. The van der Waals surface area contributed by atoms with Crippen LogP contribution in [0.5, 0.6) is 0 Å². The molecule has 0 saturated carbocycles. The lowest BCUT2D eigenvalue weighted by Gasteiger charge is -2.25. The fourth-order valence-corrected chi connectivity index (χ4v) is 5.35. The molecule has 2 aromatic carbocycles. The first-order valence-electron chi connectivity index (χ1n) is 10.0. The molecular formula is C22H20ClN5O4S. The van der Waals surface area contributed by atoms with Crippen molar-refractivity contribution in [3.05, 3.63) is 58.4 Å². The Labute approximate surface area is 195 Å². The number of rotatable bonds is 4. The molecule has 1 amide bonds. The van der Waals surface area contributed by atoms with E-state index in [1.54, 1.807) is 44.2 Å². The summed E-state index contributed by atoms with van der Waals surface area (Å²) in [5.41, 5.74) is 7.92. The summed E-state index contributed by atoms with van der Waals surface area (Å²) in [4.78, 5) is 14.5. The molecule has 2 atom stereocenters. The SMILES string of the molecule is Cc1cc2c(cc1-c1nnc(C(C)C#N)o1)N(Cc1ccc(Cl)cc1)C(=O)[C@@H](N)CS2(=O)=O. The molecule has 1 aromatic heterocycles. The zero-order chi connectivity index (χ0) is 23.9. The molecule has 0 bridgehead atoms. The Bertz CT molecular complexity index is 1380. The number of hydrogen-bond acceptors (Lipinski definition) is 8. The number of fused-ring (bicyclic) bond motifs is 1. The van der Waals surface area contributed by atoms with Crippen molar-refractivity contribution >= 4 is 33.0 Å². The lowest BCUT2D eigenvalue weighted by atomic mass is 10.1. The van der Waals surface area contributed by atoms with Crippen molar-refractivity contribution in [2.24, 2.45) is 5.73 Å². The number of sulfone groups is 1. The number of nitrogens with zero attached hydrogens (tertiary/aromatic N) is 4. The Balaban J connectivity index is 1.88. The average molecular weight is 486 g/mol. The second kappa shape index (κ2) is 8.59.